The zero-order valence-corrected chi connectivity index (χ0v) is 9.76. The SMILES string of the molecule is [2H]C([2H])([2H])C1CN(c2ccc3nc(Cl)nn3c2)CCO1. The molecule has 0 aliphatic carbocycles. The molecule has 3 heterocycles. The molecule has 1 fully saturated rings. The number of aromatic nitrogens is 3. The Hall–Kier alpha value is -1.33. The van der Waals surface area contributed by atoms with Gasteiger partial charge in [0.25, 0.3) is 0 Å². The predicted molar refractivity (Wildman–Crippen MR) is 65.6 cm³/mol. The maximum Gasteiger partial charge on any atom is 0.243 e. The van der Waals surface area contributed by atoms with E-state index in [1.165, 1.54) is 0 Å². The quantitative estimate of drug-likeness (QED) is 0.777. The summed E-state index contributed by atoms with van der Waals surface area (Å²) in [5.41, 5.74) is 1.52. The molecule has 0 radical (unpaired) electrons. The highest BCUT2D eigenvalue weighted by Crippen LogP contribution is 2.18. The van der Waals surface area contributed by atoms with Gasteiger partial charge in [0.15, 0.2) is 5.65 Å². The predicted octanol–water partition coefficient (Wildman–Crippen LogP) is 1.61. The maximum atomic E-state index is 7.45. The van der Waals surface area contributed by atoms with Crippen molar-refractivity contribution in [3.63, 3.8) is 0 Å². The lowest BCUT2D eigenvalue weighted by Crippen LogP contribution is -2.41. The first kappa shape index (κ1) is 7.89. The highest BCUT2D eigenvalue weighted by Gasteiger charge is 2.17. The van der Waals surface area contributed by atoms with Crippen molar-refractivity contribution in [3.05, 3.63) is 23.6 Å². The molecule has 1 aliphatic heterocycles. The smallest absolute Gasteiger partial charge is 0.243 e. The summed E-state index contributed by atoms with van der Waals surface area (Å²) < 4.78 is 29.3. The fourth-order valence-corrected chi connectivity index (χ4v) is 2.08. The molecule has 0 N–H and O–H groups in total. The largest absolute Gasteiger partial charge is 0.375 e. The number of rotatable bonds is 1. The molecule has 0 aromatic carbocycles. The summed E-state index contributed by atoms with van der Waals surface area (Å²) in [5.74, 6) is 0. The molecule has 0 saturated carbocycles. The van der Waals surface area contributed by atoms with E-state index in [2.05, 4.69) is 10.1 Å². The molecule has 1 saturated heterocycles. The molecular formula is C11H13ClN4O. The molecule has 0 amide bonds. The Morgan fingerprint density at radius 3 is 3.41 bits per heavy atom. The van der Waals surface area contributed by atoms with Crippen LogP contribution in [0.25, 0.3) is 5.65 Å². The standard InChI is InChI=1S/C11H13ClN4O/c1-8-6-15(4-5-17-8)9-2-3-10-13-11(12)14-16(10)7-9/h2-3,7-8H,4-6H2,1H3/i1D3. The lowest BCUT2D eigenvalue weighted by Gasteiger charge is -2.32. The zero-order valence-electron chi connectivity index (χ0n) is 12.0. The average Bonchev–Trinajstić information content (AvgIpc) is 2.77. The molecule has 1 atom stereocenters. The van der Waals surface area contributed by atoms with Crippen LogP contribution in [0.4, 0.5) is 5.69 Å². The lowest BCUT2D eigenvalue weighted by molar-refractivity contribution is 0.0532. The van der Waals surface area contributed by atoms with Crippen molar-refractivity contribution in [1.29, 1.82) is 0 Å². The van der Waals surface area contributed by atoms with Gasteiger partial charge in [0.2, 0.25) is 5.28 Å². The number of ether oxygens (including phenoxy) is 1. The summed E-state index contributed by atoms with van der Waals surface area (Å²) in [6.07, 6.45) is 1.02. The number of pyridine rings is 1. The fourth-order valence-electron chi connectivity index (χ4n) is 1.92. The second-order valence-electron chi connectivity index (χ2n) is 3.88. The molecule has 1 unspecified atom stereocenters. The molecular weight excluding hydrogens is 240 g/mol. The molecule has 2 aromatic rings. The minimum absolute atomic E-state index is 0.185. The van der Waals surface area contributed by atoms with E-state index in [0.717, 1.165) is 5.69 Å². The van der Waals surface area contributed by atoms with Crippen LogP contribution in [0, 0.1) is 0 Å². The Labute approximate surface area is 108 Å². The van der Waals surface area contributed by atoms with Gasteiger partial charge in [-0.05, 0) is 30.6 Å². The fraction of sp³-hybridized carbons (Fsp3) is 0.455. The zero-order chi connectivity index (χ0) is 14.3. The van der Waals surface area contributed by atoms with Crippen LogP contribution in [0.3, 0.4) is 0 Å². The lowest BCUT2D eigenvalue weighted by atomic mass is 10.2. The van der Waals surface area contributed by atoms with Gasteiger partial charge in [0.05, 0.1) is 24.6 Å². The first-order chi connectivity index (χ1) is 9.43. The van der Waals surface area contributed by atoms with Crippen molar-refractivity contribution in [3.8, 4) is 0 Å². The van der Waals surface area contributed by atoms with E-state index in [0.29, 0.717) is 25.3 Å². The third-order valence-corrected chi connectivity index (χ3v) is 2.88. The Morgan fingerprint density at radius 2 is 2.53 bits per heavy atom. The van der Waals surface area contributed by atoms with E-state index < -0.39 is 13.0 Å². The van der Waals surface area contributed by atoms with Gasteiger partial charge in [-0.2, -0.15) is 4.98 Å². The monoisotopic (exact) mass is 255 g/mol. The number of anilines is 1. The number of fused-ring (bicyclic) bond motifs is 1. The number of morpholine rings is 1. The normalized spacial score (nSPS) is 24.4. The molecule has 0 spiro atoms. The topological polar surface area (TPSA) is 42.7 Å². The van der Waals surface area contributed by atoms with Gasteiger partial charge < -0.3 is 9.64 Å². The van der Waals surface area contributed by atoms with E-state index in [9.17, 15) is 0 Å². The van der Waals surface area contributed by atoms with Crippen molar-refractivity contribution in [1.82, 2.24) is 14.6 Å². The molecule has 6 heteroatoms. The van der Waals surface area contributed by atoms with Crippen LogP contribution in [-0.4, -0.2) is 40.4 Å². The Bertz CT molecular complexity index is 630. The first-order valence-electron chi connectivity index (χ1n) is 6.82. The summed E-state index contributed by atoms with van der Waals surface area (Å²) >= 11 is 5.75. The van der Waals surface area contributed by atoms with Crippen LogP contribution in [0.1, 0.15) is 11.0 Å². The van der Waals surface area contributed by atoms with Gasteiger partial charge in [0.1, 0.15) is 0 Å². The number of nitrogens with zero attached hydrogens (tertiary/aromatic N) is 4. The van der Waals surface area contributed by atoms with Gasteiger partial charge in [-0.1, -0.05) is 0 Å². The van der Waals surface area contributed by atoms with E-state index >= 15 is 0 Å². The van der Waals surface area contributed by atoms with Crippen molar-refractivity contribution in [2.75, 3.05) is 24.6 Å². The highest BCUT2D eigenvalue weighted by molar-refractivity contribution is 6.28. The van der Waals surface area contributed by atoms with Crippen LogP contribution in [-0.2, 0) is 4.74 Å². The van der Waals surface area contributed by atoms with E-state index in [-0.39, 0.29) is 5.28 Å². The van der Waals surface area contributed by atoms with Crippen LogP contribution >= 0.6 is 11.6 Å². The molecule has 2 aromatic heterocycles. The third kappa shape index (κ3) is 2.08. The third-order valence-electron chi connectivity index (χ3n) is 2.72. The van der Waals surface area contributed by atoms with Gasteiger partial charge in [0, 0.05) is 17.2 Å². The Balaban J connectivity index is 1.86. The minimum atomic E-state index is -2.11. The molecule has 90 valence electrons. The van der Waals surface area contributed by atoms with Crippen LogP contribution < -0.4 is 4.90 Å². The summed E-state index contributed by atoms with van der Waals surface area (Å²) in [5, 5.41) is 4.22. The van der Waals surface area contributed by atoms with Gasteiger partial charge in [-0.15, -0.1) is 5.10 Å². The summed E-state index contributed by atoms with van der Waals surface area (Å²) in [6.45, 7) is -0.760. The van der Waals surface area contributed by atoms with Gasteiger partial charge in [-0.3, -0.25) is 0 Å². The van der Waals surface area contributed by atoms with E-state index in [1.807, 2.05) is 11.0 Å². The van der Waals surface area contributed by atoms with Crippen molar-refractivity contribution in [2.45, 2.75) is 13.0 Å². The molecule has 5 nitrogen and oxygen atoms in total. The highest BCUT2D eigenvalue weighted by atomic mass is 35.5. The average molecular weight is 256 g/mol. The van der Waals surface area contributed by atoms with E-state index in [4.69, 9.17) is 20.5 Å². The molecule has 3 rings (SSSR count). The van der Waals surface area contributed by atoms with E-state index in [1.54, 1.807) is 16.8 Å². The molecule has 1 aliphatic rings. The Kier molecular flexibility index (Phi) is 1.93. The van der Waals surface area contributed by atoms with Crippen LogP contribution in [0.5, 0.6) is 0 Å². The molecule has 17 heavy (non-hydrogen) atoms. The second kappa shape index (κ2) is 4.16. The summed E-state index contributed by atoms with van der Waals surface area (Å²) in [4.78, 5) is 6.01. The summed E-state index contributed by atoms with van der Waals surface area (Å²) in [7, 11) is 0. The first-order valence-corrected chi connectivity index (χ1v) is 5.70. The van der Waals surface area contributed by atoms with Gasteiger partial charge in [-0.25, -0.2) is 4.52 Å². The molecule has 0 bridgehead atoms. The van der Waals surface area contributed by atoms with Crippen molar-refractivity contribution in [2.24, 2.45) is 0 Å². The van der Waals surface area contributed by atoms with Crippen LogP contribution in [0.2, 0.25) is 5.28 Å². The second-order valence-corrected chi connectivity index (χ2v) is 4.21. The van der Waals surface area contributed by atoms with Crippen molar-refractivity contribution < 1.29 is 8.85 Å². The Morgan fingerprint density at radius 1 is 1.59 bits per heavy atom. The minimum Gasteiger partial charge on any atom is -0.375 e. The van der Waals surface area contributed by atoms with Gasteiger partial charge >= 0.3 is 0 Å². The summed E-state index contributed by atoms with van der Waals surface area (Å²) in [6, 6.07) is 3.68. The number of hydrogen-bond acceptors (Lipinski definition) is 4. The maximum absolute atomic E-state index is 7.45. The number of halogens is 1. The number of hydrogen-bond donors (Lipinski definition) is 0. The van der Waals surface area contributed by atoms with Crippen molar-refractivity contribution >= 4 is 22.9 Å². The van der Waals surface area contributed by atoms with Crippen LogP contribution in [0.15, 0.2) is 18.3 Å².